The van der Waals surface area contributed by atoms with E-state index in [9.17, 15) is 4.79 Å². The van der Waals surface area contributed by atoms with E-state index in [-0.39, 0.29) is 11.5 Å². The van der Waals surface area contributed by atoms with Gasteiger partial charge in [-0.1, -0.05) is 18.6 Å². The summed E-state index contributed by atoms with van der Waals surface area (Å²) in [5.41, 5.74) is 2.81. The van der Waals surface area contributed by atoms with E-state index < -0.39 is 0 Å². The molecule has 1 spiro atoms. The first-order valence-electron chi connectivity index (χ1n) is 10.5. The van der Waals surface area contributed by atoms with Gasteiger partial charge in [0.1, 0.15) is 11.4 Å². The number of ether oxygens (including phenoxy) is 1. The Balaban J connectivity index is 1.26. The summed E-state index contributed by atoms with van der Waals surface area (Å²) in [6.45, 7) is 3.19. The number of likely N-dealkylation sites (tertiary alicyclic amines) is 1. The Morgan fingerprint density at radius 1 is 1.08 bits per heavy atom. The monoisotopic (exact) mass is 354 g/mol. The van der Waals surface area contributed by atoms with Crippen LogP contribution in [-0.4, -0.2) is 42.1 Å². The molecule has 3 fully saturated rings. The van der Waals surface area contributed by atoms with Crippen LogP contribution in [0.3, 0.4) is 0 Å². The molecule has 1 N–H and O–H groups in total. The van der Waals surface area contributed by atoms with Crippen molar-refractivity contribution >= 4 is 5.91 Å². The molecule has 4 nitrogen and oxygen atoms in total. The fourth-order valence-corrected chi connectivity index (χ4v) is 5.21. The lowest BCUT2D eigenvalue weighted by Gasteiger charge is -2.48. The van der Waals surface area contributed by atoms with E-state index in [2.05, 4.69) is 28.4 Å². The van der Waals surface area contributed by atoms with E-state index in [1.807, 2.05) is 0 Å². The van der Waals surface area contributed by atoms with E-state index in [1.54, 1.807) is 0 Å². The molecule has 3 heterocycles. The third kappa shape index (κ3) is 3.02. The lowest BCUT2D eigenvalue weighted by molar-refractivity contribution is -0.122. The second kappa shape index (κ2) is 6.56. The first-order chi connectivity index (χ1) is 12.7. The van der Waals surface area contributed by atoms with Crippen LogP contribution >= 0.6 is 0 Å². The Morgan fingerprint density at radius 3 is 2.62 bits per heavy atom. The zero-order valence-electron chi connectivity index (χ0n) is 15.6. The lowest BCUT2D eigenvalue weighted by atomic mass is 9.80. The fraction of sp³-hybridized carbons (Fsp3) is 0.682. The summed E-state index contributed by atoms with van der Waals surface area (Å²) in [4.78, 5) is 14.1. The van der Waals surface area contributed by atoms with Crippen molar-refractivity contribution in [2.45, 2.75) is 75.3 Å². The molecule has 4 aliphatic rings. The molecule has 0 bridgehead atoms. The van der Waals surface area contributed by atoms with E-state index in [0.29, 0.717) is 12.3 Å². The number of rotatable bonds is 2. The molecule has 4 heteroatoms. The number of aryl methyl sites for hydroxylation is 1. The van der Waals surface area contributed by atoms with E-state index in [4.69, 9.17) is 4.74 Å². The Labute approximate surface area is 156 Å². The molecule has 2 saturated heterocycles. The molecule has 3 aliphatic heterocycles. The van der Waals surface area contributed by atoms with Gasteiger partial charge in [0.05, 0.1) is 0 Å². The zero-order valence-corrected chi connectivity index (χ0v) is 15.6. The van der Waals surface area contributed by atoms with Crippen molar-refractivity contribution in [3.05, 3.63) is 29.3 Å². The molecule has 1 unspecified atom stereocenters. The normalized spacial score (nSPS) is 28.8. The Kier molecular flexibility index (Phi) is 4.19. The Hall–Kier alpha value is -1.55. The quantitative estimate of drug-likeness (QED) is 0.885. The van der Waals surface area contributed by atoms with Gasteiger partial charge in [-0.3, -0.25) is 4.79 Å². The van der Waals surface area contributed by atoms with Gasteiger partial charge < -0.3 is 15.0 Å². The van der Waals surface area contributed by atoms with Gasteiger partial charge >= 0.3 is 0 Å². The molecule has 1 amide bonds. The van der Waals surface area contributed by atoms with Crippen LogP contribution in [0, 0.1) is 0 Å². The highest BCUT2D eigenvalue weighted by Crippen LogP contribution is 2.42. The van der Waals surface area contributed by atoms with Gasteiger partial charge in [0.15, 0.2) is 0 Å². The number of hydrogen-bond acceptors (Lipinski definition) is 3. The van der Waals surface area contributed by atoms with Gasteiger partial charge in [-0.25, -0.2) is 0 Å². The number of nitrogens with zero attached hydrogens (tertiary/aromatic N) is 1. The third-order valence-corrected chi connectivity index (χ3v) is 7.30. The van der Waals surface area contributed by atoms with Crippen LogP contribution in [0.1, 0.15) is 68.4 Å². The molecule has 140 valence electrons. The standard InChI is InChI=1S/C22H30N2O2/c25-21-7-5-18(15-23-21)16-4-6-20-17(14-16)8-9-22(26-20)10-12-24(13-11-22)19-2-1-3-19/h4,6,14,18-19H,1-3,5,7-13,15H2,(H,23,25). The van der Waals surface area contributed by atoms with Crippen molar-refractivity contribution in [1.82, 2.24) is 10.2 Å². The van der Waals surface area contributed by atoms with Crippen LogP contribution in [-0.2, 0) is 11.2 Å². The summed E-state index contributed by atoms with van der Waals surface area (Å²) in [5.74, 6) is 1.76. The molecule has 1 aliphatic carbocycles. The number of fused-ring (bicyclic) bond motifs is 1. The summed E-state index contributed by atoms with van der Waals surface area (Å²) < 4.78 is 6.60. The van der Waals surface area contributed by atoms with Crippen molar-refractivity contribution in [2.24, 2.45) is 0 Å². The smallest absolute Gasteiger partial charge is 0.220 e. The van der Waals surface area contributed by atoms with E-state index >= 15 is 0 Å². The lowest BCUT2D eigenvalue weighted by Crippen LogP contribution is -2.53. The number of carbonyl (C=O) groups is 1. The first kappa shape index (κ1) is 16.6. The SMILES string of the molecule is O=C1CCC(c2ccc3c(c2)CCC2(CCN(C4CCC4)CC2)O3)CN1. The minimum Gasteiger partial charge on any atom is -0.487 e. The summed E-state index contributed by atoms with van der Waals surface area (Å²) in [7, 11) is 0. The minimum atomic E-state index is 0.0770. The minimum absolute atomic E-state index is 0.0770. The number of carbonyl (C=O) groups excluding carboxylic acids is 1. The fourth-order valence-electron chi connectivity index (χ4n) is 5.21. The maximum Gasteiger partial charge on any atom is 0.220 e. The number of nitrogens with one attached hydrogen (secondary N) is 1. The highest BCUT2D eigenvalue weighted by molar-refractivity contribution is 5.76. The summed E-state index contributed by atoms with van der Waals surface area (Å²) >= 11 is 0. The second-order valence-corrected chi connectivity index (χ2v) is 8.81. The molecule has 0 radical (unpaired) electrons. The van der Waals surface area contributed by atoms with Gasteiger partial charge in [0.25, 0.3) is 0 Å². The topological polar surface area (TPSA) is 41.6 Å². The van der Waals surface area contributed by atoms with Crippen LogP contribution in [0.15, 0.2) is 18.2 Å². The van der Waals surface area contributed by atoms with E-state index in [0.717, 1.165) is 37.6 Å². The summed E-state index contributed by atoms with van der Waals surface area (Å²) in [6.07, 6.45) is 10.5. The highest BCUT2D eigenvalue weighted by Gasteiger charge is 2.41. The molecule has 1 saturated carbocycles. The molecule has 5 rings (SSSR count). The van der Waals surface area contributed by atoms with Crippen molar-refractivity contribution in [2.75, 3.05) is 19.6 Å². The Bertz CT molecular complexity index is 679. The van der Waals surface area contributed by atoms with Gasteiger partial charge in [-0.2, -0.15) is 0 Å². The first-order valence-corrected chi connectivity index (χ1v) is 10.5. The number of benzene rings is 1. The number of hydrogen-bond donors (Lipinski definition) is 1. The van der Waals surface area contributed by atoms with Crippen molar-refractivity contribution in [3.8, 4) is 5.75 Å². The van der Waals surface area contributed by atoms with Gasteiger partial charge in [-0.15, -0.1) is 0 Å². The van der Waals surface area contributed by atoms with Gasteiger partial charge in [0, 0.05) is 38.0 Å². The van der Waals surface area contributed by atoms with Crippen molar-refractivity contribution in [3.63, 3.8) is 0 Å². The third-order valence-electron chi connectivity index (χ3n) is 7.30. The maximum absolute atomic E-state index is 11.4. The molecule has 1 aromatic carbocycles. The molecule has 1 aromatic rings. The summed E-state index contributed by atoms with van der Waals surface area (Å²) in [6, 6.07) is 7.62. The molecule has 1 atom stereocenters. The zero-order chi connectivity index (χ0) is 17.6. The average Bonchev–Trinajstić information content (AvgIpc) is 2.63. The van der Waals surface area contributed by atoms with Gasteiger partial charge in [-0.05, 0) is 62.1 Å². The van der Waals surface area contributed by atoms with Crippen LogP contribution < -0.4 is 10.1 Å². The number of piperidine rings is 2. The predicted octanol–water partition coefficient (Wildman–Crippen LogP) is 3.39. The average molecular weight is 354 g/mol. The van der Waals surface area contributed by atoms with Crippen LogP contribution in [0.25, 0.3) is 0 Å². The second-order valence-electron chi connectivity index (χ2n) is 8.81. The number of amides is 1. The largest absolute Gasteiger partial charge is 0.487 e. The molecular formula is C22H30N2O2. The molecule has 0 aromatic heterocycles. The van der Waals surface area contributed by atoms with Crippen LogP contribution in [0.4, 0.5) is 0 Å². The Morgan fingerprint density at radius 2 is 1.92 bits per heavy atom. The van der Waals surface area contributed by atoms with Crippen molar-refractivity contribution in [1.29, 1.82) is 0 Å². The van der Waals surface area contributed by atoms with Crippen LogP contribution in [0.5, 0.6) is 5.75 Å². The molecule has 26 heavy (non-hydrogen) atoms. The van der Waals surface area contributed by atoms with Gasteiger partial charge in [0.2, 0.25) is 5.91 Å². The van der Waals surface area contributed by atoms with Crippen LogP contribution in [0.2, 0.25) is 0 Å². The van der Waals surface area contributed by atoms with E-state index in [1.165, 1.54) is 56.3 Å². The maximum atomic E-state index is 11.4. The highest BCUT2D eigenvalue weighted by atomic mass is 16.5. The summed E-state index contributed by atoms with van der Waals surface area (Å²) in [5, 5.41) is 3.01. The van der Waals surface area contributed by atoms with Crippen molar-refractivity contribution < 1.29 is 9.53 Å². The predicted molar refractivity (Wildman–Crippen MR) is 102 cm³/mol. The molecular weight excluding hydrogens is 324 g/mol.